The summed E-state index contributed by atoms with van der Waals surface area (Å²) in [5, 5.41) is 9.08. The number of hydroxylamine groups is 1. The first-order valence-corrected chi connectivity index (χ1v) is 4.94. The first-order valence-electron chi connectivity index (χ1n) is 4.13. The van der Waals surface area contributed by atoms with Crippen molar-refractivity contribution < 1.29 is 10.0 Å². The highest BCUT2D eigenvalue weighted by molar-refractivity contribution is 7.16. The van der Waals surface area contributed by atoms with Crippen LogP contribution in [0.5, 0.6) is 0 Å². The van der Waals surface area contributed by atoms with E-state index >= 15 is 0 Å². The Labute approximate surface area is 89.4 Å². The Kier molecular flexibility index (Phi) is 2.70. The minimum absolute atomic E-state index is 0.346. The molecule has 0 aliphatic carbocycles. The fourth-order valence-electron chi connectivity index (χ4n) is 1.04. The molecule has 0 bridgehead atoms. The van der Waals surface area contributed by atoms with Crippen molar-refractivity contribution in [1.29, 1.82) is 0 Å². The Morgan fingerprint density at radius 2 is 2.27 bits per heavy atom. The first kappa shape index (κ1) is 9.75. The Morgan fingerprint density at radius 3 is 2.93 bits per heavy atom. The summed E-state index contributed by atoms with van der Waals surface area (Å²) in [4.78, 5) is 19.5. The van der Waals surface area contributed by atoms with Crippen LogP contribution in [0.15, 0.2) is 30.6 Å². The third kappa shape index (κ3) is 2.00. The number of carbonyl (C=O) groups is 1. The molecule has 2 heterocycles. The number of hydrogen-bond acceptors (Lipinski definition) is 5. The summed E-state index contributed by atoms with van der Waals surface area (Å²) in [5.41, 5.74) is 2.26. The number of amides is 1. The molecule has 1 amide bonds. The van der Waals surface area contributed by atoms with Crippen molar-refractivity contribution in [3.63, 3.8) is 0 Å². The molecule has 2 aromatic rings. The van der Waals surface area contributed by atoms with Gasteiger partial charge in [0.15, 0.2) is 0 Å². The number of thiazole rings is 1. The maximum absolute atomic E-state index is 11.0. The van der Waals surface area contributed by atoms with Crippen LogP contribution in [0.3, 0.4) is 0 Å². The molecule has 0 unspecified atom stereocenters. The standard InChI is InChI=1S/C9H7N3O2S/c13-8(12-14)7-5-11-9(15-7)6-3-1-2-4-10-6/h1-5,14H,(H,12,13). The smallest absolute Gasteiger partial charge is 0.286 e. The van der Waals surface area contributed by atoms with Crippen LogP contribution < -0.4 is 5.48 Å². The zero-order valence-corrected chi connectivity index (χ0v) is 8.36. The van der Waals surface area contributed by atoms with Gasteiger partial charge in [0.2, 0.25) is 0 Å². The van der Waals surface area contributed by atoms with Crippen LogP contribution in [0.2, 0.25) is 0 Å². The van der Waals surface area contributed by atoms with Gasteiger partial charge in [-0.25, -0.2) is 10.5 Å². The lowest BCUT2D eigenvalue weighted by Gasteiger charge is -1.92. The summed E-state index contributed by atoms with van der Waals surface area (Å²) in [7, 11) is 0. The Hall–Kier alpha value is -1.79. The Balaban J connectivity index is 2.32. The minimum atomic E-state index is -0.560. The molecule has 0 aliphatic rings. The van der Waals surface area contributed by atoms with E-state index in [1.807, 2.05) is 6.07 Å². The lowest BCUT2D eigenvalue weighted by molar-refractivity contribution is 0.0711. The van der Waals surface area contributed by atoms with Crippen LogP contribution in [0, 0.1) is 0 Å². The van der Waals surface area contributed by atoms with Gasteiger partial charge >= 0.3 is 0 Å². The summed E-state index contributed by atoms with van der Waals surface area (Å²) >= 11 is 1.17. The lowest BCUT2D eigenvalue weighted by atomic mass is 10.4. The van der Waals surface area contributed by atoms with Crippen molar-refractivity contribution in [2.75, 3.05) is 0 Å². The van der Waals surface area contributed by atoms with Crippen LogP contribution in [-0.4, -0.2) is 21.1 Å². The van der Waals surface area contributed by atoms with E-state index in [1.165, 1.54) is 17.5 Å². The molecule has 2 rings (SSSR count). The second-order valence-corrected chi connectivity index (χ2v) is 3.72. The van der Waals surface area contributed by atoms with Gasteiger partial charge in [0.1, 0.15) is 9.88 Å². The molecule has 0 radical (unpaired) electrons. The zero-order chi connectivity index (χ0) is 10.7. The third-order valence-corrected chi connectivity index (χ3v) is 2.73. The topological polar surface area (TPSA) is 75.1 Å². The maximum Gasteiger partial charge on any atom is 0.286 e. The summed E-state index contributed by atoms with van der Waals surface area (Å²) < 4.78 is 0. The summed E-state index contributed by atoms with van der Waals surface area (Å²) in [6, 6.07) is 5.45. The monoisotopic (exact) mass is 221 g/mol. The Morgan fingerprint density at radius 1 is 1.40 bits per heavy atom. The van der Waals surface area contributed by atoms with E-state index in [4.69, 9.17) is 5.21 Å². The quantitative estimate of drug-likeness (QED) is 0.592. The third-order valence-electron chi connectivity index (χ3n) is 1.72. The van der Waals surface area contributed by atoms with E-state index < -0.39 is 5.91 Å². The molecule has 76 valence electrons. The number of rotatable bonds is 2. The van der Waals surface area contributed by atoms with Gasteiger partial charge in [-0.2, -0.15) is 0 Å². The second kappa shape index (κ2) is 4.16. The predicted octanol–water partition coefficient (Wildman–Crippen LogP) is 1.32. The van der Waals surface area contributed by atoms with E-state index in [-0.39, 0.29) is 0 Å². The van der Waals surface area contributed by atoms with E-state index in [1.54, 1.807) is 23.8 Å². The van der Waals surface area contributed by atoms with Crippen molar-refractivity contribution in [2.45, 2.75) is 0 Å². The lowest BCUT2D eigenvalue weighted by Crippen LogP contribution is -2.16. The highest BCUT2D eigenvalue weighted by Crippen LogP contribution is 2.22. The van der Waals surface area contributed by atoms with Crippen molar-refractivity contribution in [3.8, 4) is 10.7 Å². The average molecular weight is 221 g/mol. The molecule has 2 N–H and O–H groups in total. The molecule has 0 spiro atoms. The molecule has 0 aliphatic heterocycles. The molecule has 0 saturated carbocycles. The van der Waals surface area contributed by atoms with Gasteiger partial charge < -0.3 is 0 Å². The molecule has 0 atom stereocenters. The fourth-order valence-corrected chi connectivity index (χ4v) is 1.82. The highest BCUT2D eigenvalue weighted by atomic mass is 32.1. The SMILES string of the molecule is O=C(NO)c1cnc(-c2ccccn2)s1. The van der Waals surface area contributed by atoms with Crippen molar-refractivity contribution >= 4 is 17.2 Å². The van der Waals surface area contributed by atoms with Crippen molar-refractivity contribution in [3.05, 3.63) is 35.5 Å². The number of hydrogen-bond donors (Lipinski definition) is 2. The number of pyridine rings is 1. The average Bonchev–Trinajstić information content (AvgIpc) is 2.78. The normalized spacial score (nSPS) is 9.93. The Bertz CT molecular complexity index is 469. The minimum Gasteiger partial charge on any atom is -0.288 e. The number of nitrogens with zero attached hydrogens (tertiary/aromatic N) is 2. The highest BCUT2D eigenvalue weighted by Gasteiger charge is 2.10. The zero-order valence-electron chi connectivity index (χ0n) is 7.54. The molecule has 0 fully saturated rings. The fraction of sp³-hybridized carbons (Fsp3) is 0. The molecule has 6 heteroatoms. The number of aromatic nitrogens is 2. The van der Waals surface area contributed by atoms with Crippen LogP contribution in [0.25, 0.3) is 10.7 Å². The molecule has 15 heavy (non-hydrogen) atoms. The number of carbonyl (C=O) groups excluding carboxylic acids is 1. The molecular formula is C9H7N3O2S. The van der Waals surface area contributed by atoms with Crippen LogP contribution in [0.1, 0.15) is 9.67 Å². The maximum atomic E-state index is 11.0. The van der Waals surface area contributed by atoms with Gasteiger partial charge in [-0.3, -0.25) is 15.0 Å². The second-order valence-electron chi connectivity index (χ2n) is 2.69. The summed E-state index contributed by atoms with van der Waals surface area (Å²) in [5.74, 6) is -0.560. The van der Waals surface area contributed by atoms with Gasteiger partial charge in [0.25, 0.3) is 5.91 Å². The molecular weight excluding hydrogens is 214 g/mol. The molecule has 0 aromatic carbocycles. The predicted molar refractivity (Wildman–Crippen MR) is 54.6 cm³/mol. The van der Waals surface area contributed by atoms with Gasteiger partial charge in [-0.15, -0.1) is 11.3 Å². The van der Waals surface area contributed by atoms with Crippen molar-refractivity contribution in [2.24, 2.45) is 0 Å². The summed E-state index contributed by atoms with van der Waals surface area (Å²) in [6.07, 6.45) is 3.06. The van der Waals surface area contributed by atoms with Gasteiger partial charge in [0.05, 0.1) is 11.9 Å². The van der Waals surface area contributed by atoms with E-state index in [9.17, 15) is 4.79 Å². The first-order chi connectivity index (χ1) is 7.31. The van der Waals surface area contributed by atoms with Crippen LogP contribution >= 0.6 is 11.3 Å². The number of nitrogens with one attached hydrogen (secondary N) is 1. The molecule has 2 aromatic heterocycles. The van der Waals surface area contributed by atoms with Crippen LogP contribution in [0.4, 0.5) is 0 Å². The van der Waals surface area contributed by atoms with Crippen molar-refractivity contribution in [1.82, 2.24) is 15.4 Å². The summed E-state index contributed by atoms with van der Waals surface area (Å²) in [6.45, 7) is 0. The largest absolute Gasteiger partial charge is 0.288 e. The van der Waals surface area contributed by atoms with E-state index in [0.29, 0.717) is 15.6 Å². The molecule has 5 nitrogen and oxygen atoms in total. The van der Waals surface area contributed by atoms with Gasteiger partial charge in [0, 0.05) is 6.20 Å². The van der Waals surface area contributed by atoms with Gasteiger partial charge in [-0.05, 0) is 12.1 Å². The molecule has 0 saturated heterocycles. The van der Waals surface area contributed by atoms with E-state index in [0.717, 1.165) is 0 Å². The van der Waals surface area contributed by atoms with Gasteiger partial charge in [-0.1, -0.05) is 6.07 Å². The van der Waals surface area contributed by atoms with Crippen LogP contribution in [-0.2, 0) is 0 Å². The van der Waals surface area contributed by atoms with E-state index in [2.05, 4.69) is 9.97 Å².